The smallest absolute Gasteiger partial charge is 0.341 e. The van der Waals surface area contributed by atoms with Gasteiger partial charge in [0.05, 0.1) is 17.9 Å². The van der Waals surface area contributed by atoms with Crippen molar-refractivity contribution < 1.29 is 14.3 Å². The van der Waals surface area contributed by atoms with Gasteiger partial charge in [0, 0.05) is 31.9 Å². The van der Waals surface area contributed by atoms with Gasteiger partial charge in [-0.2, -0.15) is 0 Å². The molecule has 0 spiro atoms. The molecule has 4 aromatic rings. The molecular weight excluding hydrogens is 513 g/mol. The highest BCUT2D eigenvalue weighted by Gasteiger charge is 2.27. The molecular formula is C26H28N4O3S3. The quantitative estimate of drug-likeness (QED) is 0.200. The minimum absolute atomic E-state index is 0.124. The Balaban J connectivity index is 1.35. The second-order valence-corrected chi connectivity index (χ2v) is 11.8. The molecule has 1 amide bonds. The van der Waals surface area contributed by atoms with Crippen LogP contribution in [0.2, 0.25) is 0 Å². The standard InChI is InChI=1S/C26H28N4O3S3/c1-4-33-25(32)22-17-10-6-8-12-20(17)36-24(22)27-21(31)14-35-26-29-28-23(30(26)15(2)3)18-13-34-19-11-7-5-9-16(18)19/h5,7,9,11,13,15H,4,6,8,10,12,14H2,1-3H3,(H,27,31). The fourth-order valence-corrected chi connectivity index (χ4v) is 7.64. The predicted molar refractivity (Wildman–Crippen MR) is 147 cm³/mol. The highest BCUT2D eigenvalue weighted by atomic mass is 32.2. The SMILES string of the molecule is CCOC(=O)c1c(NC(=O)CSc2nnc(-c3csc4ccccc34)n2C(C)C)sc2c1CCCC2. The summed E-state index contributed by atoms with van der Waals surface area (Å²) in [6.07, 6.45) is 3.94. The van der Waals surface area contributed by atoms with Crippen molar-refractivity contribution in [2.24, 2.45) is 0 Å². The number of aromatic nitrogens is 3. The first kappa shape index (κ1) is 25.0. The lowest BCUT2D eigenvalue weighted by Crippen LogP contribution is -2.17. The lowest BCUT2D eigenvalue weighted by Gasteiger charge is -2.13. The highest BCUT2D eigenvalue weighted by Crippen LogP contribution is 2.39. The molecule has 3 aromatic heterocycles. The average Bonchev–Trinajstić information content (AvgIpc) is 3.57. The van der Waals surface area contributed by atoms with Gasteiger partial charge in [-0.15, -0.1) is 32.9 Å². The van der Waals surface area contributed by atoms with Gasteiger partial charge in [-0.1, -0.05) is 30.0 Å². The van der Waals surface area contributed by atoms with E-state index in [0.717, 1.165) is 48.0 Å². The molecule has 0 bridgehead atoms. The number of nitrogens with one attached hydrogen (secondary N) is 1. The van der Waals surface area contributed by atoms with Crippen molar-refractivity contribution in [1.29, 1.82) is 0 Å². The lowest BCUT2D eigenvalue weighted by molar-refractivity contribution is -0.113. The van der Waals surface area contributed by atoms with Gasteiger partial charge in [0.1, 0.15) is 5.00 Å². The maximum atomic E-state index is 13.0. The summed E-state index contributed by atoms with van der Waals surface area (Å²) in [5.74, 6) is 0.443. The summed E-state index contributed by atoms with van der Waals surface area (Å²) in [7, 11) is 0. The Bertz CT molecular complexity index is 1420. The Morgan fingerprint density at radius 2 is 2.00 bits per heavy atom. The van der Waals surface area contributed by atoms with Gasteiger partial charge in [-0.3, -0.25) is 9.36 Å². The molecule has 0 atom stereocenters. The molecule has 7 nitrogen and oxygen atoms in total. The third-order valence-electron chi connectivity index (χ3n) is 6.14. The topological polar surface area (TPSA) is 86.1 Å². The molecule has 0 unspecified atom stereocenters. The molecule has 188 valence electrons. The first-order valence-corrected chi connectivity index (χ1v) is 14.8. The summed E-state index contributed by atoms with van der Waals surface area (Å²) in [5.41, 5.74) is 2.63. The Morgan fingerprint density at radius 3 is 2.81 bits per heavy atom. The number of carbonyl (C=O) groups excluding carboxylic acids is 2. The highest BCUT2D eigenvalue weighted by molar-refractivity contribution is 7.99. The number of nitrogens with zero attached hydrogens (tertiary/aromatic N) is 3. The Morgan fingerprint density at radius 1 is 1.19 bits per heavy atom. The molecule has 3 heterocycles. The minimum atomic E-state index is -0.355. The first-order chi connectivity index (χ1) is 17.5. The van der Waals surface area contributed by atoms with E-state index in [1.807, 2.05) is 12.1 Å². The number of thioether (sulfide) groups is 1. The fourth-order valence-electron chi connectivity index (χ4n) is 4.54. The van der Waals surface area contributed by atoms with Crippen LogP contribution in [0.5, 0.6) is 0 Å². The number of hydrogen-bond donors (Lipinski definition) is 1. The summed E-state index contributed by atoms with van der Waals surface area (Å²) in [5, 5.41) is 16.5. The van der Waals surface area contributed by atoms with E-state index in [2.05, 4.69) is 51.4 Å². The molecule has 0 saturated carbocycles. The van der Waals surface area contributed by atoms with Gasteiger partial charge in [-0.25, -0.2) is 4.79 Å². The van der Waals surface area contributed by atoms with E-state index in [0.29, 0.717) is 22.3 Å². The second-order valence-electron chi connectivity index (χ2n) is 8.89. The molecule has 1 aliphatic carbocycles. The van der Waals surface area contributed by atoms with Gasteiger partial charge in [0.2, 0.25) is 5.91 Å². The van der Waals surface area contributed by atoms with Gasteiger partial charge in [0.15, 0.2) is 11.0 Å². The zero-order chi connectivity index (χ0) is 25.2. The van der Waals surface area contributed by atoms with Crippen LogP contribution in [-0.2, 0) is 22.4 Å². The van der Waals surface area contributed by atoms with Crippen LogP contribution in [0.3, 0.4) is 0 Å². The molecule has 10 heteroatoms. The Hall–Kier alpha value is -2.69. The van der Waals surface area contributed by atoms with Gasteiger partial charge in [0.25, 0.3) is 0 Å². The molecule has 0 saturated heterocycles. The largest absolute Gasteiger partial charge is 0.462 e. The van der Waals surface area contributed by atoms with E-state index in [1.165, 1.54) is 32.7 Å². The summed E-state index contributed by atoms with van der Waals surface area (Å²) >= 11 is 4.55. The molecule has 1 N–H and O–H groups in total. The minimum Gasteiger partial charge on any atom is -0.462 e. The van der Waals surface area contributed by atoms with Crippen LogP contribution < -0.4 is 5.32 Å². The van der Waals surface area contributed by atoms with E-state index in [1.54, 1.807) is 18.3 Å². The number of amides is 1. The maximum Gasteiger partial charge on any atom is 0.341 e. The first-order valence-electron chi connectivity index (χ1n) is 12.1. The second kappa shape index (κ2) is 10.7. The molecule has 1 aromatic carbocycles. The van der Waals surface area contributed by atoms with Crippen molar-refractivity contribution in [1.82, 2.24) is 14.8 Å². The zero-order valence-electron chi connectivity index (χ0n) is 20.5. The third-order valence-corrected chi connectivity index (χ3v) is 9.25. The van der Waals surface area contributed by atoms with E-state index in [4.69, 9.17) is 4.74 Å². The monoisotopic (exact) mass is 540 g/mol. The van der Waals surface area contributed by atoms with Crippen LogP contribution in [0.25, 0.3) is 21.5 Å². The van der Waals surface area contributed by atoms with Crippen molar-refractivity contribution in [2.45, 2.75) is 57.7 Å². The summed E-state index contributed by atoms with van der Waals surface area (Å²) in [4.78, 5) is 26.9. The zero-order valence-corrected chi connectivity index (χ0v) is 22.9. The molecule has 5 rings (SSSR count). The predicted octanol–water partition coefficient (Wildman–Crippen LogP) is 6.59. The molecule has 0 aliphatic heterocycles. The van der Waals surface area contributed by atoms with E-state index >= 15 is 0 Å². The Kier molecular flexibility index (Phi) is 7.45. The number of esters is 1. The van der Waals surface area contributed by atoms with Gasteiger partial charge in [-0.05, 0) is 58.1 Å². The van der Waals surface area contributed by atoms with Gasteiger partial charge < -0.3 is 10.1 Å². The number of aryl methyl sites for hydroxylation is 1. The van der Waals surface area contributed by atoms with Crippen LogP contribution in [-0.4, -0.2) is 39.0 Å². The molecule has 0 fully saturated rings. The number of fused-ring (bicyclic) bond motifs is 2. The Labute approximate surface area is 222 Å². The van der Waals surface area contributed by atoms with Crippen LogP contribution in [0.4, 0.5) is 5.00 Å². The molecule has 0 radical (unpaired) electrons. The number of carbonyl (C=O) groups is 2. The van der Waals surface area contributed by atoms with Crippen LogP contribution in [0.1, 0.15) is 60.5 Å². The summed E-state index contributed by atoms with van der Waals surface area (Å²) < 4.78 is 8.59. The van der Waals surface area contributed by atoms with Crippen molar-refractivity contribution in [3.63, 3.8) is 0 Å². The van der Waals surface area contributed by atoms with Crippen molar-refractivity contribution in [2.75, 3.05) is 17.7 Å². The van der Waals surface area contributed by atoms with E-state index in [-0.39, 0.29) is 23.7 Å². The van der Waals surface area contributed by atoms with Crippen molar-refractivity contribution >= 4 is 61.4 Å². The number of rotatable bonds is 8. The van der Waals surface area contributed by atoms with Crippen molar-refractivity contribution in [3.8, 4) is 11.4 Å². The summed E-state index contributed by atoms with van der Waals surface area (Å²) in [6, 6.07) is 8.39. The van der Waals surface area contributed by atoms with E-state index < -0.39 is 0 Å². The number of anilines is 1. The fraction of sp³-hybridized carbons (Fsp3) is 0.385. The van der Waals surface area contributed by atoms with Gasteiger partial charge >= 0.3 is 5.97 Å². The summed E-state index contributed by atoms with van der Waals surface area (Å²) in [6.45, 7) is 6.28. The van der Waals surface area contributed by atoms with Crippen molar-refractivity contribution in [3.05, 3.63) is 45.6 Å². The number of hydrogen-bond acceptors (Lipinski definition) is 8. The van der Waals surface area contributed by atoms with E-state index in [9.17, 15) is 9.59 Å². The molecule has 1 aliphatic rings. The number of ether oxygens (including phenoxy) is 1. The van der Waals surface area contributed by atoms with Crippen LogP contribution in [0.15, 0.2) is 34.8 Å². The lowest BCUT2D eigenvalue weighted by atomic mass is 9.95. The third kappa shape index (κ3) is 4.81. The number of thiophene rings is 2. The average molecular weight is 541 g/mol. The normalized spacial score (nSPS) is 13.2. The van der Waals surface area contributed by atoms with Crippen LogP contribution >= 0.6 is 34.4 Å². The molecule has 36 heavy (non-hydrogen) atoms. The number of benzene rings is 1. The van der Waals surface area contributed by atoms with Crippen LogP contribution in [0, 0.1) is 0 Å². The maximum absolute atomic E-state index is 13.0.